The lowest BCUT2D eigenvalue weighted by Crippen LogP contribution is -2.33. The van der Waals surface area contributed by atoms with Gasteiger partial charge >= 0.3 is 0 Å². The molecule has 2 rings (SSSR count). The van der Waals surface area contributed by atoms with E-state index in [4.69, 9.17) is 27.6 Å². The number of hydrogen-bond donors (Lipinski definition) is 1. The van der Waals surface area contributed by atoms with Gasteiger partial charge in [0.05, 0.1) is 16.3 Å². The summed E-state index contributed by atoms with van der Waals surface area (Å²) in [4.78, 5) is 0. The van der Waals surface area contributed by atoms with Gasteiger partial charge in [-0.25, -0.2) is 0 Å². The van der Waals surface area contributed by atoms with Crippen molar-refractivity contribution in [2.45, 2.75) is 32.2 Å². The summed E-state index contributed by atoms with van der Waals surface area (Å²) in [6.07, 6.45) is 4.59. The van der Waals surface area contributed by atoms with Crippen molar-refractivity contribution in [3.05, 3.63) is 58.0 Å². The minimum absolute atomic E-state index is 0.332. The van der Waals surface area contributed by atoms with Gasteiger partial charge in [0.1, 0.15) is 5.76 Å². The maximum absolute atomic E-state index is 6.07. The Balaban J connectivity index is 2.04. The Hall–Kier alpha value is -0.960. The summed E-state index contributed by atoms with van der Waals surface area (Å²) in [6, 6.07) is 10.1. The lowest BCUT2D eigenvalue weighted by Gasteiger charge is -2.18. The van der Waals surface area contributed by atoms with E-state index in [1.807, 2.05) is 30.3 Å². The molecule has 0 aliphatic carbocycles. The summed E-state index contributed by atoms with van der Waals surface area (Å²) in [5, 5.41) is 4.76. The monoisotopic (exact) mass is 311 g/mol. The first kappa shape index (κ1) is 15.4. The molecular formula is C16H19Cl2NO. The van der Waals surface area contributed by atoms with E-state index >= 15 is 0 Å². The second-order valence-corrected chi connectivity index (χ2v) is 5.70. The molecule has 0 aliphatic heterocycles. The predicted molar refractivity (Wildman–Crippen MR) is 84.7 cm³/mol. The van der Waals surface area contributed by atoms with Crippen molar-refractivity contribution in [1.29, 1.82) is 0 Å². The molecule has 1 N–H and O–H groups in total. The van der Waals surface area contributed by atoms with E-state index in [-0.39, 0.29) is 0 Å². The minimum atomic E-state index is 0.332. The van der Waals surface area contributed by atoms with E-state index in [2.05, 4.69) is 12.2 Å². The summed E-state index contributed by atoms with van der Waals surface area (Å²) in [5.74, 6) is 0.999. The summed E-state index contributed by atoms with van der Waals surface area (Å²) < 4.78 is 5.44. The van der Waals surface area contributed by atoms with Gasteiger partial charge in [0, 0.05) is 12.5 Å². The molecule has 1 aromatic heterocycles. The fourth-order valence-corrected chi connectivity index (χ4v) is 2.51. The lowest BCUT2D eigenvalue weighted by molar-refractivity contribution is 0.438. The van der Waals surface area contributed by atoms with Crippen LogP contribution in [0.15, 0.2) is 41.0 Å². The quantitative estimate of drug-likeness (QED) is 0.799. The summed E-state index contributed by atoms with van der Waals surface area (Å²) in [7, 11) is 0. The minimum Gasteiger partial charge on any atom is -0.469 e. The molecule has 1 heterocycles. The normalized spacial score (nSPS) is 12.6. The van der Waals surface area contributed by atoms with Crippen molar-refractivity contribution in [2.75, 3.05) is 6.54 Å². The van der Waals surface area contributed by atoms with Crippen LogP contribution in [0.1, 0.15) is 24.7 Å². The Labute approximate surface area is 130 Å². The third kappa shape index (κ3) is 4.55. The number of benzene rings is 1. The van der Waals surface area contributed by atoms with Crippen molar-refractivity contribution in [3.63, 3.8) is 0 Å². The van der Waals surface area contributed by atoms with Crippen LogP contribution >= 0.6 is 23.2 Å². The number of rotatable bonds is 7. The zero-order valence-electron chi connectivity index (χ0n) is 11.5. The molecule has 2 nitrogen and oxygen atoms in total. The van der Waals surface area contributed by atoms with Gasteiger partial charge in [0.15, 0.2) is 0 Å². The third-order valence-corrected chi connectivity index (χ3v) is 3.92. The van der Waals surface area contributed by atoms with Gasteiger partial charge in [-0.05, 0) is 49.2 Å². The molecule has 20 heavy (non-hydrogen) atoms. The zero-order valence-corrected chi connectivity index (χ0v) is 13.0. The smallest absolute Gasteiger partial charge is 0.105 e. The Bertz CT molecular complexity index is 525. The standard InChI is InChI=1S/C16H19Cl2NO/c1-2-7-19-13(11-14-4-3-8-20-14)9-12-5-6-15(17)16(18)10-12/h3-6,8,10,13,19H,2,7,9,11H2,1H3. The van der Waals surface area contributed by atoms with Crippen LogP contribution in [0, 0.1) is 0 Å². The maximum atomic E-state index is 6.07. The first-order valence-electron chi connectivity index (χ1n) is 6.88. The number of nitrogens with one attached hydrogen (secondary N) is 1. The van der Waals surface area contributed by atoms with Crippen LogP contribution in [-0.4, -0.2) is 12.6 Å². The van der Waals surface area contributed by atoms with Crippen LogP contribution in [0.5, 0.6) is 0 Å². The molecule has 108 valence electrons. The van der Waals surface area contributed by atoms with Crippen LogP contribution in [-0.2, 0) is 12.8 Å². The lowest BCUT2D eigenvalue weighted by atomic mass is 10.0. The summed E-state index contributed by atoms with van der Waals surface area (Å²) in [5.41, 5.74) is 1.18. The van der Waals surface area contributed by atoms with Gasteiger partial charge in [-0.1, -0.05) is 36.2 Å². The first-order chi connectivity index (χ1) is 9.69. The molecule has 4 heteroatoms. The van der Waals surface area contributed by atoms with E-state index in [0.29, 0.717) is 16.1 Å². The molecule has 0 saturated carbocycles. The largest absolute Gasteiger partial charge is 0.469 e. The van der Waals surface area contributed by atoms with Gasteiger partial charge in [-0.2, -0.15) is 0 Å². The van der Waals surface area contributed by atoms with Gasteiger partial charge in [-0.3, -0.25) is 0 Å². The van der Waals surface area contributed by atoms with Crippen LogP contribution in [0.4, 0.5) is 0 Å². The molecule has 0 spiro atoms. The Morgan fingerprint density at radius 1 is 1.15 bits per heavy atom. The fourth-order valence-electron chi connectivity index (χ4n) is 2.19. The van der Waals surface area contributed by atoms with E-state index in [1.165, 1.54) is 5.56 Å². The Morgan fingerprint density at radius 2 is 2.00 bits per heavy atom. The van der Waals surface area contributed by atoms with Crippen LogP contribution in [0.2, 0.25) is 10.0 Å². The molecule has 0 bridgehead atoms. The topological polar surface area (TPSA) is 25.2 Å². The van der Waals surface area contributed by atoms with Gasteiger partial charge in [-0.15, -0.1) is 0 Å². The van der Waals surface area contributed by atoms with Crippen LogP contribution in [0.25, 0.3) is 0 Å². The molecule has 1 aromatic carbocycles. The molecule has 0 amide bonds. The van der Waals surface area contributed by atoms with Crippen molar-refractivity contribution < 1.29 is 4.42 Å². The number of hydrogen-bond acceptors (Lipinski definition) is 2. The van der Waals surface area contributed by atoms with E-state index < -0.39 is 0 Å². The van der Waals surface area contributed by atoms with Gasteiger partial charge in [0.25, 0.3) is 0 Å². The SMILES string of the molecule is CCCNC(Cc1ccc(Cl)c(Cl)c1)Cc1ccco1. The van der Waals surface area contributed by atoms with Crippen LogP contribution in [0.3, 0.4) is 0 Å². The highest BCUT2D eigenvalue weighted by atomic mass is 35.5. The van der Waals surface area contributed by atoms with E-state index in [0.717, 1.165) is 31.6 Å². The van der Waals surface area contributed by atoms with Crippen molar-refractivity contribution in [1.82, 2.24) is 5.32 Å². The van der Waals surface area contributed by atoms with Crippen molar-refractivity contribution in [2.24, 2.45) is 0 Å². The number of halogens is 2. The van der Waals surface area contributed by atoms with Crippen LogP contribution < -0.4 is 5.32 Å². The average molecular weight is 312 g/mol. The van der Waals surface area contributed by atoms with Crippen molar-refractivity contribution >= 4 is 23.2 Å². The highest BCUT2D eigenvalue weighted by Crippen LogP contribution is 2.23. The van der Waals surface area contributed by atoms with Crippen molar-refractivity contribution in [3.8, 4) is 0 Å². The molecule has 2 aromatic rings. The summed E-state index contributed by atoms with van der Waals surface area (Å²) in [6.45, 7) is 3.16. The van der Waals surface area contributed by atoms with E-state index in [1.54, 1.807) is 6.26 Å². The predicted octanol–water partition coefficient (Wildman–Crippen LogP) is 4.74. The Kier molecular flexibility index (Phi) is 5.96. The zero-order chi connectivity index (χ0) is 14.4. The number of furan rings is 1. The fraction of sp³-hybridized carbons (Fsp3) is 0.375. The molecule has 1 unspecified atom stereocenters. The Morgan fingerprint density at radius 3 is 2.65 bits per heavy atom. The maximum Gasteiger partial charge on any atom is 0.105 e. The second kappa shape index (κ2) is 7.72. The van der Waals surface area contributed by atoms with Gasteiger partial charge < -0.3 is 9.73 Å². The highest BCUT2D eigenvalue weighted by Gasteiger charge is 2.12. The molecule has 0 fully saturated rings. The third-order valence-electron chi connectivity index (χ3n) is 3.18. The highest BCUT2D eigenvalue weighted by molar-refractivity contribution is 6.42. The first-order valence-corrected chi connectivity index (χ1v) is 7.64. The van der Waals surface area contributed by atoms with E-state index in [9.17, 15) is 0 Å². The summed E-state index contributed by atoms with van der Waals surface area (Å²) >= 11 is 12.0. The molecule has 0 saturated heterocycles. The molecule has 1 atom stereocenters. The molecule has 0 radical (unpaired) electrons. The molecule has 0 aliphatic rings. The average Bonchev–Trinajstić information content (AvgIpc) is 2.93. The molecular weight excluding hydrogens is 293 g/mol. The second-order valence-electron chi connectivity index (χ2n) is 4.89. The van der Waals surface area contributed by atoms with Gasteiger partial charge in [0.2, 0.25) is 0 Å².